The zero-order chi connectivity index (χ0) is 7.28. The van der Waals surface area contributed by atoms with Gasteiger partial charge in [0.25, 0.3) is 0 Å². The molecule has 0 fully saturated rings. The first-order valence-electron chi connectivity index (χ1n) is 2.92. The van der Waals surface area contributed by atoms with Crippen molar-refractivity contribution in [3.05, 3.63) is 36.1 Å². The number of nitrogens with two attached hydrogens (primary N) is 1. The van der Waals surface area contributed by atoms with Gasteiger partial charge in [-0.3, -0.25) is 0 Å². The highest BCUT2D eigenvalue weighted by Gasteiger charge is 1.83. The van der Waals surface area contributed by atoms with Crippen LogP contribution in [-0.4, -0.2) is 0 Å². The first-order valence-corrected chi connectivity index (χ1v) is 2.92. The Balaban J connectivity index is 4.00. The second kappa shape index (κ2) is 3.96. The van der Waals surface area contributed by atoms with E-state index in [4.69, 9.17) is 5.73 Å². The van der Waals surface area contributed by atoms with Gasteiger partial charge in [0.15, 0.2) is 0 Å². The molecule has 0 aromatic rings. The van der Waals surface area contributed by atoms with Crippen molar-refractivity contribution in [2.24, 2.45) is 5.73 Å². The van der Waals surface area contributed by atoms with Crippen LogP contribution in [0.3, 0.4) is 0 Å². The van der Waals surface area contributed by atoms with Gasteiger partial charge >= 0.3 is 0 Å². The maximum atomic E-state index is 5.38. The van der Waals surface area contributed by atoms with E-state index in [0.717, 1.165) is 5.57 Å². The van der Waals surface area contributed by atoms with Crippen LogP contribution in [-0.2, 0) is 0 Å². The molecule has 2 N–H and O–H groups in total. The van der Waals surface area contributed by atoms with Crippen LogP contribution in [0, 0.1) is 0 Å². The number of hydrogen-bond donors (Lipinski definition) is 1. The molecular formula is C8H13N. The molecule has 0 saturated heterocycles. The third-order valence-corrected chi connectivity index (χ3v) is 1.05. The molecule has 0 spiro atoms. The molecule has 1 nitrogen and oxygen atoms in total. The number of allylic oxidation sites excluding steroid dienone is 4. The lowest BCUT2D eigenvalue weighted by molar-refractivity contribution is 1.31. The minimum absolute atomic E-state index is 0.633. The summed E-state index contributed by atoms with van der Waals surface area (Å²) < 4.78 is 0. The maximum Gasteiger partial charge on any atom is 0.0270 e. The molecule has 0 rings (SSSR count). The van der Waals surface area contributed by atoms with Crippen LogP contribution in [0.1, 0.15) is 13.8 Å². The monoisotopic (exact) mass is 123 g/mol. The van der Waals surface area contributed by atoms with Gasteiger partial charge in [0.05, 0.1) is 0 Å². The van der Waals surface area contributed by atoms with Crippen LogP contribution in [0.4, 0.5) is 0 Å². The predicted octanol–water partition coefficient (Wildman–Crippen LogP) is 1.98. The minimum atomic E-state index is 0.633. The fourth-order valence-electron chi connectivity index (χ4n) is 0.348. The van der Waals surface area contributed by atoms with Crippen molar-refractivity contribution in [1.29, 1.82) is 0 Å². The summed E-state index contributed by atoms with van der Waals surface area (Å²) in [5.74, 6) is 0. The predicted molar refractivity (Wildman–Crippen MR) is 41.9 cm³/mol. The van der Waals surface area contributed by atoms with E-state index in [9.17, 15) is 0 Å². The summed E-state index contributed by atoms with van der Waals surface area (Å²) in [6.07, 6.45) is 5.82. The van der Waals surface area contributed by atoms with E-state index in [1.54, 1.807) is 0 Å². The first kappa shape index (κ1) is 8.02. The Labute approximate surface area is 56.6 Å². The lowest BCUT2D eigenvalue weighted by atomic mass is 10.2. The summed E-state index contributed by atoms with van der Waals surface area (Å²) in [6, 6.07) is 0. The van der Waals surface area contributed by atoms with Crippen LogP contribution in [0.5, 0.6) is 0 Å². The minimum Gasteiger partial charge on any atom is -0.399 e. The largest absolute Gasteiger partial charge is 0.399 e. The summed E-state index contributed by atoms with van der Waals surface area (Å²) in [5.41, 5.74) is 7.03. The number of hydrogen-bond acceptors (Lipinski definition) is 1. The third kappa shape index (κ3) is 3.59. The van der Waals surface area contributed by atoms with Gasteiger partial charge in [-0.25, -0.2) is 0 Å². The lowest BCUT2D eigenvalue weighted by Gasteiger charge is -1.93. The van der Waals surface area contributed by atoms with Crippen molar-refractivity contribution < 1.29 is 0 Å². The fourth-order valence-corrected chi connectivity index (χ4v) is 0.348. The molecule has 0 aliphatic rings. The molecule has 0 radical (unpaired) electrons. The average Bonchev–Trinajstić information content (AvgIpc) is 1.82. The van der Waals surface area contributed by atoms with E-state index < -0.39 is 0 Å². The maximum absolute atomic E-state index is 5.38. The van der Waals surface area contributed by atoms with E-state index in [2.05, 4.69) is 6.58 Å². The Morgan fingerprint density at radius 3 is 2.44 bits per heavy atom. The van der Waals surface area contributed by atoms with E-state index in [-0.39, 0.29) is 0 Å². The zero-order valence-electron chi connectivity index (χ0n) is 6.02. The van der Waals surface area contributed by atoms with Gasteiger partial charge in [0.2, 0.25) is 0 Å². The van der Waals surface area contributed by atoms with Crippen molar-refractivity contribution in [1.82, 2.24) is 0 Å². The van der Waals surface area contributed by atoms with Gasteiger partial charge in [-0.1, -0.05) is 24.8 Å². The van der Waals surface area contributed by atoms with Crippen LogP contribution >= 0.6 is 0 Å². The first-order chi connectivity index (χ1) is 4.18. The van der Waals surface area contributed by atoms with Gasteiger partial charge in [0.1, 0.15) is 0 Å². The van der Waals surface area contributed by atoms with E-state index >= 15 is 0 Å². The number of rotatable bonds is 2. The smallest absolute Gasteiger partial charge is 0.0270 e. The van der Waals surface area contributed by atoms with E-state index in [1.165, 1.54) is 0 Å². The average molecular weight is 123 g/mol. The summed E-state index contributed by atoms with van der Waals surface area (Å²) in [4.78, 5) is 0. The molecule has 0 aliphatic heterocycles. The molecule has 0 bridgehead atoms. The summed E-state index contributed by atoms with van der Waals surface area (Å²) >= 11 is 0. The van der Waals surface area contributed by atoms with E-state index in [0.29, 0.717) is 5.70 Å². The molecule has 0 aromatic carbocycles. The van der Waals surface area contributed by atoms with Crippen LogP contribution in [0.2, 0.25) is 0 Å². The molecule has 0 heterocycles. The molecule has 50 valence electrons. The highest BCUT2D eigenvalue weighted by atomic mass is 14.6. The van der Waals surface area contributed by atoms with Crippen molar-refractivity contribution in [2.75, 3.05) is 0 Å². The fraction of sp³-hybridized carbons (Fsp3) is 0.250. The quantitative estimate of drug-likeness (QED) is 0.558. The summed E-state index contributed by atoms with van der Waals surface area (Å²) in [5, 5.41) is 0. The molecule has 0 amide bonds. The summed E-state index contributed by atoms with van der Waals surface area (Å²) in [7, 11) is 0. The zero-order valence-corrected chi connectivity index (χ0v) is 6.02. The highest BCUT2D eigenvalue weighted by Crippen LogP contribution is 1.98. The van der Waals surface area contributed by atoms with Gasteiger partial charge < -0.3 is 5.73 Å². The normalized spacial score (nSPS) is 12.4. The molecule has 0 atom stereocenters. The molecule has 9 heavy (non-hydrogen) atoms. The molecular weight excluding hydrogens is 110 g/mol. The summed E-state index contributed by atoms with van der Waals surface area (Å²) in [6.45, 7) is 7.48. The molecule has 0 aliphatic carbocycles. The van der Waals surface area contributed by atoms with Crippen LogP contribution in [0.15, 0.2) is 36.1 Å². The molecule has 0 saturated carbocycles. The van der Waals surface area contributed by atoms with Gasteiger partial charge in [0, 0.05) is 5.70 Å². The topological polar surface area (TPSA) is 26.0 Å². The molecule has 1 heteroatoms. The molecule has 0 aromatic heterocycles. The van der Waals surface area contributed by atoms with Crippen LogP contribution < -0.4 is 5.73 Å². The van der Waals surface area contributed by atoms with E-state index in [1.807, 2.05) is 32.1 Å². The Bertz CT molecular complexity index is 152. The van der Waals surface area contributed by atoms with Gasteiger partial charge in [-0.15, -0.1) is 0 Å². The van der Waals surface area contributed by atoms with Crippen molar-refractivity contribution in [3.8, 4) is 0 Å². The van der Waals surface area contributed by atoms with Crippen molar-refractivity contribution in [2.45, 2.75) is 13.8 Å². The Morgan fingerprint density at radius 2 is 2.11 bits per heavy atom. The van der Waals surface area contributed by atoms with Crippen molar-refractivity contribution >= 4 is 0 Å². The highest BCUT2D eigenvalue weighted by molar-refractivity contribution is 5.26. The van der Waals surface area contributed by atoms with Crippen molar-refractivity contribution in [3.63, 3.8) is 0 Å². The second-order valence-corrected chi connectivity index (χ2v) is 1.90. The Morgan fingerprint density at radius 1 is 1.56 bits per heavy atom. The van der Waals surface area contributed by atoms with Crippen LogP contribution in [0.25, 0.3) is 0 Å². The van der Waals surface area contributed by atoms with Gasteiger partial charge in [-0.2, -0.15) is 0 Å². The molecule has 0 unspecified atom stereocenters. The SMILES string of the molecule is C=C(N)/C(C)=C\C=C/C. The lowest BCUT2D eigenvalue weighted by Crippen LogP contribution is -1.94. The standard InChI is InChI=1S/C8H13N/c1-4-5-6-7(2)8(3)9/h4-6H,3,9H2,1-2H3/b5-4-,7-6-. The Kier molecular flexibility index (Phi) is 3.52. The third-order valence-electron chi connectivity index (χ3n) is 1.05. The van der Waals surface area contributed by atoms with Gasteiger partial charge in [-0.05, 0) is 19.4 Å². The second-order valence-electron chi connectivity index (χ2n) is 1.90. The Hall–Kier alpha value is -0.980.